The molecule has 6 heteroatoms. The second-order valence-corrected chi connectivity index (χ2v) is 7.27. The van der Waals surface area contributed by atoms with Crippen LogP contribution in [0.3, 0.4) is 0 Å². The van der Waals surface area contributed by atoms with Crippen molar-refractivity contribution in [2.24, 2.45) is 0 Å². The molecule has 0 atom stereocenters. The van der Waals surface area contributed by atoms with E-state index in [0.717, 1.165) is 39.2 Å². The summed E-state index contributed by atoms with van der Waals surface area (Å²) in [6, 6.07) is 22.7. The number of rotatable bonds is 3. The van der Waals surface area contributed by atoms with E-state index in [1.807, 2.05) is 48.5 Å². The van der Waals surface area contributed by atoms with E-state index < -0.39 is 11.7 Å². The van der Waals surface area contributed by atoms with E-state index in [1.54, 1.807) is 0 Å². The summed E-state index contributed by atoms with van der Waals surface area (Å²) < 4.78 is 40.5. The summed E-state index contributed by atoms with van der Waals surface area (Å²) in [4.78, 5) is 11.7. The van der Waals surface area contributed by atoms with Gasteiger partial charge in [0.15, 0.2) is 6.29 Å². The molecule has 0 N–H and O–H groups in total. The minimum Gasteiger partial charge on any atom is -0.298 e. The summed E-state index contributed by atoms with van der Waals surface area (Å²) in [5, 5.41) is 8.75. The number of nitrogens with zero attached hydrogens (tertiary/aromatic N) is 2. The van der Waals surface area contributed by atoms with Gasteiger partial charge in [0.2, 0.25) is 0 Å². The van der Waals surface area contributed by atoms with Crippen LogP contribution in [-0.4, -0.2) is 16.1 Å². The second kappa shape index (κ2) is 7.09. The van der Waals surface area contributed by atoms with Gasteiger partial charge in [-0.25, -0.2) is 4.68 Å². The fraction of sp³-hybridized carbons (Fsp3) is 0.0400. The predicted octanol–water partition coefficient (Wildman–Crippen LogP) is 6.68. The highest BCUT2D eigenvalue weighted by molar-refractivity contribution is 6.08. The Morgan fingerprint density at radius 3 is 2.39 bits per heavy atom. The zero-order valence-electron chi connectivity index (χ0n) is 16.1. The van der Waals surface area contributed by atoms with Gasteiger partial charge in [0.05, 0.1) is 16.8 Å². The summed E-state index contributed by atoms with van der Waals surface area (Å²) in [6.07, 6.45) is -2.35. The van der Waals surface area contributed by atoms with Gasteiger partial charge in [-0.3, -0.25) is 4.79 Å². The third-order valence-electron chi connectivity index (χ3n) is 5.33. The second-order valence-electron chi connectivity index (χ2n) is 7.27. The lowest BCUT2D eigenvalue weighted by Gasteiger charge is -2.08. The van der Waals surface area contributed by atoms with Crippen molar-refractivity contribution in [1.82, 2.24) is 9.78 Å². The molecular formula is C25H15F3N2O. The van der Waals surface area contributed by atoms with Crippen LogP contribution in [0.25, 0.3) is 38.5 Å². The molecule has 0 radical (unpaired) electrons. The van der Waals surface area contributed by atoms with E-state index in [2.05, 4.69) is 11.2 Å². The molecule has 0 saturated carbocycles. The summed E-state index contributed by atoms with van der Waals surface area (Å²) in [7, 11) is 0. The largest absolute Gasteiger partial charge is 0.416 e. The first-order valence-electron chi connectivity index (χ1n) is 9.58. The molecule has 0 saturated heterocycles. The van der Waals surface area contributed by atoms with Gasteiger partial charge in [-0.05, 0) is 45.8 Å². The van der Waals surface area contributed by atoms with Crippen LogP contribution >= 0.6 is 0 Å². The SMILES string of the molecule is O=Cc1cn(-c2cccc(C(F)(F)F)c2)nc1-c1ccc2c(ccc3ccccc32)c1. The molecule has 152 valence electrons. The van der Waals surface area contributed by atoms with Crippen LogP contribution in [0.15, 0.2) is 85.1 Å². The zero-order valence-corrected chi connectivity index (χ0v) is 16.1. The number of carbonyl (C=O) groups is 1. The van der Waals surface area contributed by atoms with E-state index >= 15 is 0 Å². The summed E-state index contributed by atoms with van der Waals surface area (Å²) in [5.41, 5.74) is 0.902. The third kappa shape index (κ3) is 3.36. The van der Waals surface area contributed by atoms with Crippen LogP contribution in [-0.2, 0) is 6.18 Å². The minimum absolute atomic E-state index is 0.232. The first-order valence-corrected chi connectivity index (χ1v) is 9.58. The highest BCUT2D eigenvalue weighted by Crippen LogP contribution is 2.32. The summed E-state index contributed by atoms with van der Waals surface area (Å²) in [6.45, 7) is 0. The monoisotopic (exact) mass is 416 g/mol. The van der Waals surface area contributed by atoms with Crippen molar-refractivity contribution in [3.8, 4) is 16.9 Å². The molecule has 0 aliphatic heterocycles. The highest BCUT2D eigenvalue weighted by atomic mass is 19.4. The Balaban J connectivity index is 1.63. The lowest BCUT2D eigenvalue weighted by atomic mass is 9.98. The van der Waals surface area contributed by atoms with Crippen LogP contribution in [0.5, 0.6) is 0 Å². The number of halogens is 3. The number of aromatic nitrogens is 2. The molecule has 5 aromatic rings. The number of hydrogen-bond donors (Lipinski definition) is 0. The van der Waals surface area contributed by atoms with Crippen LogP contribution in [0.1, 0.15) is 15.9 Å². The Morgan fingerprint density at radius 1 is 0.806 bits per heavy atom. The number of carbonyl (C=O) groups excluding carboxylic acids is 1. The molecule has 0 fully saturated rings. The Morgan fingerprint density at radius 2 is 1.58 bits per heavy atom. The molecule has 4 aromatic carbocycles. The van der Waals surface area contributed by atoms with Crippen LogP contribution in [0.4, 0.5) is 13.2 Å². The average Bonchev–Trinajstić information content (AvgIpc) is 3.23. The Kier molecular flexibility index (Phi) is 4.36. The Bertz CT molecular complexity index is 1450. The van der Waals surface area contributed by atoms with Gasteiger partial charge in [-0.15, -0.1) is 0 Å². The molecule has 5 rings (SSSR count). The van der Waals surface area contributed by atoms with Crippen molar-refractivity contribution >= 4 is 27.8 Å². The van der Waals surface area contributed by atoms with Gasteiger partial charge in [-0.2, -0.15) is 18.3 Å². The molecule has 3 nitrogen and oxygen atoms in total. The average molecular weight is 416 g/mol. The zero-order chi connectivity index (χ0) is 21.6. The normalized spacial score (nSPS) is 11.8. The van der Waals surface area contributed by atoms with Crippen LogP contribution in [0, 0.1) is 0 Å². The lowest BCUT2D eigenvalue weighted by molar-refractivity contribution is -0.137. The standard InChI is InChI=1S/C25H15F3N2O/c26-25(27,28)20-5-3-6-21(13-20)30-14-19(15-31)24(29-30)18-10-11-23-17(12-18)9-8-16-4-1-2-7-22(16)23/h1-15H. The molecular weight excluding hydrogens is 401 g/mol. The Hall–Kier alpha value is -3.93. The smallest absolute Gasteiger partial charge is 0.298 e. The van der Waals surface area contributed by atoms with Crippen molar-refractivity contribution in [3.05, 3.63) is 96.2 Å². The van der Waals surface area contributed by atoms with E-state index in [4.69, 9.17) is 0 Å². The number of aldehydes is 1. The topological polar surface area (TPSA) is 34.9 Å². The number of benzene rings is 4. The van der Waals surface area contributed by atoms with Crippen molar-refractivity contribution in [2.45, 2.75) is 6.18 Å². The molecule has 1 heterocycles. The molecule has 0 spiro atoms. The summed E-state index contributed by atoms with van der Waals surface area (Å²) >= 11 is 0. The van der Waals surface area contributed by atoms with E-state index in [-0.39, 0.29) is 5.69 Å². The van der Waals surface area contributed by atoms with Gasteiger partial charge in [0.25, 0.3) is 0 Å². The summed E-state index contributed by atoms with van der Waals surface area (Å²) in [5.74, 6) is 0. The molecule has 31 heavy (non-hydrogen) atoms. The maximum absolute atomic E-state index is 13.1. The van der Waals surface area contributed by atoms with E-state index in [1.165, 1.54) is 23.0 Å². The highest BCUT2D eigenvalue weighted by Gasteiger charge is 2.30. The number of fused-ring (bicyclic) bond motifs is 3. The van der Waals surface area contributed by atoms with E-state index in [9.17, 15) is 18.0 Å². The van der Waals surface area contributed by atoms with Gasteiger partial charge >= 0.3 is 6.18 Å². The maximum Gasteiger partial charge on any atom is 0.416 e. The lowest BCUT2D eigenvalue weighted by Crippen LogP contribution is -2.06. The molecule has 0 aliphatic carbocycles. The molecule has 0 amide bonds. The fourth-order valence-electron chi connectivity index (χ4n) is 3.82. The van der Waals surface area contributed by atoms with Gasteiger partial charge in [-0.1, -0.05) is 54.6 Å². The predicted molar refractivity (Wildman–Crippen MR) is 114 cm³/mol. The minimum atomic E-state index is -4.46. The van der Waals surface area contributed by atoms with Gasteiger partial charge in [0.1, 0.15) is 5.69 Å². The van der Waals surface area contributed by atoms with Gasteiger partial charge < -0.3 is 0 Å². The van der Waals surface area contributed by atoms with Crippen molar-refractivity contribution in [1.29, 1.82) is 0 Å². The fourth-order valence-corrected chi connectivity index (χ4v) is 3.82. The van der Waals surface area contributed by atoms with Crippen LogP contribution in [0.2, 0.25) is 0 Å². The molecule has 0 bridgehead atoms. The number of alkyl halides is 3. The Labute approximate surface area is 175 Å². The molecule has 1 aromatic heterocycles. The van der Waals surface area contributed by atoms with Crippen molar-refractivity contribution in [3.63, 3.8) is 0 Å². The van der Waals surface area contributed by atoms with Crippen molar-refractivity contribution in [2.75, 3.05) is 0 Å². The maximum atomic E-state index is 13.1. The van der Waals surface area contributed by atoms with Crippen LogP contribution < -0.4 is 0 Å². The molecule has 0 aliphatic rings. The van der Waals surface area contributed by atoms with E-state index in [0.29, 0.717) is 17.5 Å². The third-order valence-corrected chi connectivity index (χ3v) is 5.33. The quantitative estimate of drug-likeness (QED) is 0.243. The first-order chi connectivity index (χ1) is 14.9. The van der Waals surface area contributed by atoms with Crippen molar-refractivity contribution < 1.29 is 18.0 Å². The van der Waals surface area contributed by atoms with Gasteiger partial charge in [0, 0.05) is 11.8 Å². The first kappa shape index (κ1) is 19.1. The molecule has 0 unspecified atom stereocenters. The number of hydrogen-bond acceptors (Lipinski definition) is 2.